The van der Waals surface area contributed by atoms with E-state index in [1.165, 1.54) is 11.1 Å². The van der Waals surface area contributed by atoms with Crippen LogP contribution in [0.4, 0.5) is 0 Å². The average molecular weight is 613 g/mol. The number of carbonyl (C=O) groups excluding carboxylic acids is 2. The van der Waals surface area contributed by atoms with Crippen LogP contribution in [-0.2, 0) is 0 Å². The minimum Gasteiger partial charge on any atom is -0.344 e. The molecule has 0 saturated heterocycles. The number of hydrazine groups is 1. The smallest absolute Gasteiger partial charge is 0.269 e. The first-order chi connectivity index (χ1) is 21.0. The van der Waals surface area contributed by atoms with E-state index in [2.05, 4.69) is 98.8 Å². The van der Waals surface area contributed by atoms with E-state index in [0.717, 1.165) is 44.8 Å². The highest BCUT2D eigenvalue weighted by molar-refractivity contribution is 5.98. The van der Waals surface area contributed by atoms with Gasteiger partial charge in [-0.15, -0.1) is 0 Å². The summed E-state index contributed by atoms with van der Waals surface area (Å²) in [5.41, 5.74) is 9.67. The molecule has 0 bridgehead atoms. The Balaban J connectivity index is 2.00. The standard InChI is InChI=1S/C39H56N4O2/c1-22(2)30-18-26(9)19-31(23(3)4)36(30)38(44)40-28(11)34-16-15-17-35(41-34)29(12)43(42(13)14)39(45)37-32(24(5)6)20-27(10)21-33(37)25(7)8/h15-25,28-29H,1-14H3,(H,40,44). The second-order valence-electron chi connectivity index (χ2n) is 14.1. The van der Waals surface area contributed by atoms with Crippen molar-refractivity contribution in [3.63, 3.8) is 0 Å². The maximum absolute atomic E-state index is 14.5. The Labute approximate surface area is 272 Å². The summed E-state index contributed by atoms with van der Waals surface area (Å²) in [4.78, 5) is 33.4. The predicted molar refractivity (Wildman–Crippen MR) is 187 cm³/mol. The quantitative estimate of drug-likeness (QED) is 0.219. The molecule has 6 heteroatoms. The fourth-order valence-electron chi connectivity index (χ4n) is 6.25. The van der Waals surface area contributed by atoms with Gasteiger partial charge in [-0.05, 0) is 85.8 Å². The van der Waals surface area contributed by atoms with E-state index in [9.17, 15) is 9.59 Å². The zero-order valence-corrected chi connectivity index (χ0v) is 30.2. The van der Waals surface area contributed by atoms with E-state index in [0.29, 0.717) is 0 Å². The lowest BCUT2D eigenvalue weighted by Crippen LogP contribution is -2.44. The number of rotatable bonds is 11. The number of nitrogens with one attached hydrogen (secondary N) is 1. The van der Waals surface area contributed by atoms with Gasteiger partial charge in [0.2, 0.25) is 0 Å². The van der Waals surface area contributed by atoms with Gasteiger partial charge in [-0.2, -0.15) is 0 Å². The summed E-state index contributed by atoms with van der Waals surface area (Å²) < 4.78 is 0. The first kappa shape index (κ1) is 36.0. The van der Waals surface area contributed by atoms with Crippen molar-refractivity contribution in [3.8, 4) is 0 Å². The van der Waals surface area contributed by atoms with E-state index in [-0.39, 0.29) is 47.6 Å². The van der Waals surface area contributed by atoms with Crippen LogP contribution >= 0.6 is 0 Å². The SMILES string of the molecule is Cc1cc(C(C)C)c(C(=O)NC(C)c2cccc(C(C)N(C(=O)c3c(C(C)C)cc(C)cc3C(C)C)N(C)C)n2)c(C(C)C)c1. The molecule has 1 heterocycles. The molecule has 0 aliphatic carbocycles. The molecule has 2 unspecified atom stereocenters. The molecule has 6 nitrogen and oxygen atoms in total. The van der Waals surface area contributed by atoms with Gasteiger partial charge in [-0.3, -0.25) is 19.6 Å². The Morgan fingerprint density at radius 1 is 0.644 bits per heavy atom. The van der Waals surface area contributed by atoms with E-state index in [4.69, 9.17) is 4.98 Å². The van der Waals surface area contributed by atoms with E-state index in [1.807, 2.05) is 51.2 Å². The van der Waals surface area contributed by atoms with Gasteiger partial charge in [0.05, 0.1) is 23.5 Å². The summed E-state index contributed by atoms with van der Waals surface area (Å²) in [5, 5.41) is 6.90. The third kappa shape index (κ3) is 8.02. The Hall–Kier alpha value is -3.51. The fourth-order valence-corrected chi connectivity index (χ4v) is 6.25. The molecular weight excluding hydrogens is 556 g/mol. The minimum absolute atomic E-state index is 0.0322. The number of nitrogens with zero attached hydrogens (tertiary/aromatic N) is 3. The van der Waals surface area contributed by atoms with Gasteiger partial charge < -0.3 is 5.32 Å². The summed E-state index contributed by atoms with van der Waals surface area (Å²) >= 11 is 0. The molecule has 244 valence electrons. The van der Waals surface area contributed by atoms with Crippen molar-refractivity contribution in [1.29, 1.82) is 0 Å². The van der Waals surface area contributed by atoms with Gasteiger partial charge >= 0.3 is 0 Å². The van der Waals surface area contributed by atoms with Crippen LogP contribution in [0.25, 0.3) is 0 Å². The molecule has 0 aliphatic rings. The first-order valence-electron chi connectivity index (χ1n) is 16.5. The molecule has 0 radical (unpaired) electrons. The number of amides is 2. The zero-order valence-electron chi connectivity index (χ0n) is 30.2. The maximum Gasteiger partial charge on any atom is 0.269 e. The minimum atomic E-state index is -0.339. The van der Waals surface area contributed by atoms with Gasteiger partial charge in [-0.1, -0.05) is 96.8 Å². The fraction of sp³-hybridized carbons (Fsp3) is 0.513. The second kappa shape index (κ2) is 14.7. The third-order valence-electron chi connectivity index (χ3n) is 8.63. The Bertz CT molecular complexity index is 1460. The lowest BCUT2D eigenvalue weighted by molar-refractivity contribution is -0.00263. The first-order valence-corrected chi connectivity index (χ1v) is 16.5. The van der Waals surface area contributed by atoms with Crippen LogP contribution in [0, 0.1) is 13.8 Å². The van der Waals surface area contributed by atoms with Gasteiger partial charge in [0.15, 0.2) is 0 Å². The van der Waals surface area contributed by atoms with E-state index < -0.39 is 0 Å². The van der Waals surface area contributed by atoms with Crippen molar-refractivity contribution >= 4 is 11.8 Å². The molecule has 0 spiro atoms. The van der Waals surface area contributed by atoms with Crippen molar-refractivity contribution in [2.75, 3.05) is 14.1 Å². The summed E-state index contributed by atoms with van der Waals surface area (Å²) in [7, 11) is 3.80. The molecular formula is C39H56N4O2. The Morgan fingerprint density at radius 3 is 1.44 bits per heavy atom. The van der Waals surface area contributed by atoms with Crippen LogP contribution in [0.3, 0.4) is 0 Å². The molecule has 0 saturated carbocycles. The van der Waals surface area contributed by atoms with Crippen molar-refractivity contribution in [3.05, 3.63) is 98.4 Å². The van der Waals surface area contributed by atoms with Crippen molar-refractivity contribution in [2.24, 2.45) is 0 Å². The molecule has 0 fully saturated rings. The number of benzene rings is 2. The van der Waals surface area contributed by atoms with Crippen molar-refractivity contribution in [1.82, 2.24) is 20.3 Å². The number of hydrogen-bond acceptors (Lipinski definition) is 4. The van der Waals surface area contributed by atoms with Gasteiger partial charge in [0, 0.05) is 25.2 Å². The molecule has 2 atom stereocenters. The van der Waals surface area contributed by atoms with Crippen LogP contribution in [0.1, 0.15) is 170 Å². The molecule has 2 aromatic carbocycles. The Morgan fingerprint density at radius 2 is 1.04 bits per heavy atom. The maximum atomic E-state index is 14.5. The number of aryl methyl sites for hydroxylation is 2. The molecule has 3 aromatic rings. The van der Waals surface area contributed by atoms with Crippen LogP contribution in [-0.4, -0.2) is 40.9 Å². The van der Waals surface area contributed by atoms with Gasteiger partial charge in [0.1, 0.15) is 0 Å². The van der Waals surface area contributed by atoms with Crippen LogP contribution in [0.15, 0.2) is 42.5 Å². The number of pyridine rings is 1. The average Bonchev–Trinajstić information content (AvgIpc) is 2.95. The van der Waals surface area contributed by atoms with Crippen LogP contribution < -0.4 is 5.32 Å². The molecule has 1 aromatic heterocycles. The molecule has 1 N–H and O–H groups in total. The highest BCUT2D eigenvalue weighted by Gasteiger charge is 2.31. The van der Waals surface area contributed by atoms with E-state index >= 15 is 0 Å². The van der Waals surface area contributed by atoms with Crippen molar-refractivity contribution in [2.45, 2.75) is 119 Å². The third-order valence-corrected chi connectivity index (χ3v) is 8.63. The summed E-state index contributed by atoms with van der Waals surface area (Å²) in [6, 6.07) is 13.8. The molecule has 0 aliphatic heterocycles. The lowest BCUT2D eigenvalue weighted by atomic mass is 9.86. The number of aromatic nitrogens is 1. The number of carbonyl (C=O) groups is 2. The molecule has 2 amide bonds. The van der Waals surface area contributed by atoms with Crippen LogP contribution in [0.5, 0.6) is 0 Å². The summed E-state index contributed by atoms with van der Waals surface area (Å²) in [5.74, 6) is 0.727. The molecule has 45 heavy (non-hydrogen) atoms. The topological polar surface area (TPSA) is 65.5 Å². The van der Waals surface area contributed by atoms with Gasteiger partial charge in [0.25, 0.3) is 11.8 Å². The number of hydrogen-bond donors (Lipinski definition) is 1. The van der Waals surface area contributed by atoms with Crippen molar-refractivity contribution < 1.29 is 9.59 Å². The monoisotopic (exact) mass is 612 g/mol. The Kier molecular flexibility index (Phi) is 11.8. The normalized spacial score (nSPS) is 13.2. The zero-order chi connectivity index (χ0) is 33.9. The highest BCUT2D eigenvalue weighted by atomic mass is 16.2. The van der Waals surface area contributed by atoms with Crippen LogP contribution in [0.2, 0.25) is 0 Å². The van der Waals surface area contributed by atoms with Gasteiger partial charge in [-0.25, -0.2) is 5.01 Å². The van der Waals surface area contributed by atoms with E-state index in [1.54, 1.807) is 5.01 Å². The summed E-state index contributed by atoms with van der Waals surface area (Å²) in [6.45, 7) is 25.3. The highest BCUT2D eigenvalue weighted by Crippen LogP contribution is 2.34. The molecule has 3 rings (SSSR count). The summed E-state index contributed by atoms with van der Waals surface area (Å²) in [6.07, 6.45) is 0. The predicted octanol–water partition coefficient (Wildman–Crippen LogP) is 9.36. The largest absolute Gasteiger partial charge is 0.344 e. The second-order valence-corrected chi connectivity index (χ2v) is 14.1. The lowest BCUT2D eigenvalue weighted by Gasteiger charge is -2.36.